The van der Waals surface area contributed by atoms with Crippen LogP contribution in [0.25, 0.3) is 6.08 Å². The summed E-state index contributed by atoms with van der Waals surface area (Å²) in [4.78, 5) is 23.5. The zero-order valence-corrected chi connectivity index (χ0v) is 15.3. The van der Waals surface area contributed by atoms with Crippen LogP contribution in [-0.4, -0.2) is 25.5 Å². The summed E-state index contributed by atoms with van der Waals surface area (Å²) in [7, 11) is 1.37. The van der Waals surface area contributed by atoms with Crippen molar-refractivity contribution in [2.24, 2.45) is 0 Å². The zero-order chi connectivity index (χ0) is 19.8. The molecule has 27 heavy (non-hydrogen) atoms. The summed E-state index contributed by atoms with van der Waals surface area (Å²) in [5.41, 5.74) is 7.00. The smallest absolute Gasteiger partial charge is 0.276 e. The summed E-state index contributed by atoms with van der Waals surface area (Å²) < 4.78 is 23.8. The molecule has 142 valence electrons. The predicted molar refractivity (Wildman–Crippen MR) is 99.7 cm³/mol. The van der Waals surface area contributed by atoms with Gasteiger partial charge in [-0.15, -0.1) is 0 Å². The SMILES string of the molecule is COc1ccc(/C=C/C(=O)NNC(=O)COc2cc(C)cc(C)c2)cc1F. The molecule has 2 rings (SSSR count). The van der Waals surface area contributed by atoms with Gasteiger partial charge in [0.1, 0.15) is 5.75 Å². The van der Waals surface area contributed by atoms with Crippen molar-refractivity contribution in [2.75, 3.05) is 13.7 Å². The van der Waals surface area contributed by atoms with E-state index < -0.39 is 17.6 Å². The Morgan fingerprint density at radius 1 is 1.07 bits per heavy atom. The first-order valence-corrected chi connectivity index (χ1v) is 8.19. The van der Waals surface area contributed by atoms with Crippen LogP contribution in [0.5, 0.6) is 11.5 Å². The van der Waals surface area contributed by atoms with Gasteiger partial charge in [-0.05, 0) is 60.9 Å². The lowest BCUT2D eigenvalue weighted by atomic mass is 10.1. The zero-order valence-electron chi connectivity index (χ0n) is 15.3. The highest BCUT2D eigenvalue weighted by molar-refractivity contribution is 5.93. The normalized spacial score (nSPS) is 10.5. The Morgan fingerprint density at radius 3 is 2.41 bits per heavy atom. The highest BCUT2D eigenvalue weighted by Crippen LogP contribution is 2.18. The van der Waals surface area contributed by atoms with E-state index in [2.05, 4.69) is 10.9 Å². The molecule has 2 amide bonds. The molecule has 7 heteroatoms. The molecule has 0 bridgehead atoms. The Bertz CT molecular complexity index is 845. The number of hydrazine groups is 1. The van der Waals surface area contributed by atoms with E-state index >= 15 is 0 Å². The van der Waals surface area contributed by atoms with Crippen LogP contribution in [0.1, 0.15) is 16.7 Å². The number of carbonyl (C=O) groups is 2. The highest BCUT2D eigenvalue weighted by atomic mass is 19.1. The second-order valence-electron chi connectivity index (χ2n) is 5.88. The molecule has 0 aliphatic carbocycles. The van der Waals surface area contributed by atoms with Crippen LogP contribution in [0.2, 0.25) is 0 Å². The first-order valence-electron chi connectivity index (χ1n) is 8.19. The van der Waals surface area contributed by atoms with Crippen molar-refractivity contribution in [2.45, 2.75) is 13.8 Å². The fourth-order valence-electron chi connectivity index (χ4n) is 2.33. The van der Waals surface area contributed by atoms with Crippen molar-refractivity contribution in [1.29, 1.82) is 0 Å². The Morgan fingerprint density at radius 2 is 1.78 bits per heavy atom. The van der Waals surface area contributed by atoms with Gasteiger partial charge in [0.05, 0.1) is 7.11 Å². The molecule has 6 nitrogen and oxygen atoms in total. The minimum absolute atomic E-state index is 0.118. The molecule has 0 fully saturated rings. The van der Waals surface area contributed by atoms with E-state index in [-0.39, 0.29) is 12.4 Å². The molecule has 0 aliphatic rings. The molecule has 0 radical (unpaired) electrons. The maximum Gasteiger partial charge on any atom is 0.276 e. The van der Waals surface area contributed by atoms with Gasteiger partial charge in [-0.1, -0.05) is 12.1 Å². The number of aryl methyl sites for hydroxylation is 2. The number of halogens is 1. The van der Waals surface area contributed by atoms with Gasteiger partial charge in [-0.2, -0.15) is 0 Å². The Kier molecular flexibility index (Phi) is 6.93. The number of amides is 2. The lowest BCUT2D eigenvalue weighted by molar-refractivity contribution is -0.128. The van der Waals surface area contributed by atoms with Crippen molar-refractivity contribution < 1.29 is 23.5 Å². The average molecular weight is 372 g/mol. The minimum Gasteiger partial charge on any atom is -0.494 e. The summed E-state index contributed by atoms with van der Waals surface area (Å²) >= 11 is 0. The number of benzene rings is 2. The molecule has 0 heterocycles. The van der Waals surface area contributed by atoms with E-state index in [0.29, 0.717) is 11.3 Å². The van der Waals surface area contributed by atoms with E-state index in [4.69, 9.17) is 9.47 Å². The number of rotatable bonds is 6. The van der Waals surface area contributed by atoms with Crippen LogP contribution < -0.4 is 20.3 Å². The van der Waals surface area contributed by atoms with Crippen molar-refractivity contribution in [3.05, 3.63) is 65.0 Å². The molecule has 0 atom stereocenters. The van der Waals surface area contributed by atoms with Gasteiger partial charge in [-0.3, -0.25) is 20.4 Å². The first kappa shape index (κ1) is 20.0. The maximum absolute atomic E-state index is 13.6. The van der Waals surface area contributed by atoms with E-state index in [1.165, 1.54) is 31.4 Å². The Labute approximate surface area is 157 Å². The molecule has 0 aliphatic heterocycles. The average Bonchev–Trinajstić information content (AvgIpc) is 2.62. The number of methoxy groups -OCH3 is 1. The van der Waals surface area contributed by atoms with Crippen LogP contribution in [0.4, 0.5) is 4.39 Å². The van der Waals surface area contributed by atoms with Crippen LogP contribution in [0.15, 0.2) is 42.5 Å². The fraction of sp³-hybridized carbons (Fsp3) is 0.200. The van der Waals surface area contributed by atoms with Crippen molar-refractivity contribution in [1.82, 2.24) is 10.9 Å². The summed E-state index contributed by atoms with van der Waals surface area (Å²) in [6, 6.07) is 9.92. The molecule has 0 saturated carbocycles. The molecular formula is C20H21FN2O4. The van der Waals surface area contributed by atoms with Gasteiger partial charge in [0.25, 0.3) is 11.8 Å². The molecule has 0 aromatic heterocycles. The third-order valence-corrected chi connectivity index (χ3v) is 3.49. The molecule has 0 saturated heterocycles. The van der Waals surface area contributed by atoms with E-state index in [1.807, 2.05) is 32.0 Å². The molecule has 2 N–H and O–H groups in total. The lowest BCUT2D eigenvalue weighted by Gasteiger charge is -2.09. The minimum atomic E-state index is -0.564. The van der Waals surface area contributed by atoms with Gasteiger partial charge in [0.15, 0.2) is 18.2 Å². The molecule has 2 aromatic carbocycles. The largest absolute Gasteiger partial charge is 0.494 e. The quantitative estimate of drug-likeness (QED) is 0.604. The topological polar surface area (TPSA) is 76.7 Å². The third kappa shape index (κ3) is 6.47. The lowest BCUT2D eigenvalue weighted by Crippen LogP contribution is -2.43. The molecule has 0 spiro atoms. The number of hydrogen-bond donors (Lipinski definition) is 2. The first-order chi connectivity index (χ1) is 12.9. The molecular weight excluding hydrogens is 351 g/mol. The summed E-state index contributed by atoms with van der Waals surface area (Å²) in [6.07, 6.45) is 2.59. The fourth-order valence-corrected chi connectivity index (χ4v) is 2.33. The predicted octanol–water partition coefficient (Wildman–Crippen LogP) is 2.69. The van der Waals surface area contributed by atoms with Crippen LogP contribution in [-0.2, 0) is 9.59 Å². The van der Waals surface area contributed by atoms with E-state index in [1.54, 1.807) is 6.07 Å². The second-order valence-corrected chi connectivity index (χ2v) is 5.88. The summed E-state index contributed by atoms with van der Waals surface area (Å²) in [5, 5.41) is 0. The number of hydrogen-bond acceptors (Lipinski definition) is 4. The molecule has 0 unspecified atom stereocenters. The summed E-state index contributed by atoms with van der Waals surface area (Å²) in [5.74, 6) is -0.905. The van der Waals surface area contributed by atoms with Crippen LogP contribution in [0.3, 0.4) is 0 Å². The number of ether oxygens (including phenoxy) is 2. The van der Waals surface area contributed by atoms with Gasteiger partial charge in [0, 0.05) is 6.08 Å². The number of nitrogens with one attached hydrogen (secondary N) is 2. The summed E-state index contributed by atoms with van der Waals surface area (Å²) in [6.45, 7) is 3.62. The van der Waals surface area contributed by atoms with Gasteiger partial charge >= 0.3 is 0 Å². The molecule has 2 aromatic rings. The highest BCUT2D eigenvalue weighted by Gasteiger charge is 2.05. The van der Waals surface area contributed by atoms with Gasteiger partial charge in [-0.25, -0.2) is 4.39 Å². The number of carbonyl (C=O) groups excluding carboxylic acids is 2. The standard InChI is InChI=1S/C20H21FN2O4/c1-13-8-14(2)10-16(9-13)27-12-20(25)23-22-19(24)7-5-15-4-6-18(26-3)17(21)11-15/h4-11H,12H2,1-3H3,(H,22,24)(H,23,25)/b7-5+. The van der Waals surface area contributed by atoms with E-state index in [9.17, 15) is 14.0 Å². The van der Waals surface area contributed by atoms with Crippen molar-refractivity contribution >= 4 is 17.9 Å². The Balaban J connectivity index is 1.79. The second kappa shape index (κ2) is 9.38. The van der Waals surface area contributed by atoms with Gasteiger partial charge < -0.3 is 9.47 Å². The Hall–Kier alpha value is -3.35. The van der Waals surface area contributed by atoms with Crippen LogP contribution in [0, 0.1) is 19.7 Å². The monoisotopic (exact) mass is 372 g/mol. The van der Waals surface area contributed by atoms with Gasteiger partial charge in [0.2, 0.25) is 0 Å². The van der Waals surface area contributed by atoms with Crippen LogP contribution >= 0.6 is 0 Å². The van der Waals surface area contributed by atoms with E-state index in [0.717, 1.165) is 11.1 Å². The van der Waals surface area contributed by atoms with Crippen molar-refractivity contribution in [3.63, 3.8) is 0 Å². The third-order valence-electron chi connectivity index (χ3n) is 3.49. The maximum atomic E-state index is 13.6. The van der Waals surface area contributed by atoms with Crippen molar-refractivity contribution in [3.8, 4) is 11.5 Å².